The first-order valence-corrected chi connectivity index (χ1v) is 11.3. The third-order valence-electron chi connectivity index (χ3n) is 6.43. The summed E-state index contributed by atoms with van der Waals surface area (Å²) in [5, 5.41) is 3.58. The third kappa shape index (κ3) is 4.37. The number of carbonyl (C=O) groups is 2. The van der Waals surface area contributed by atoms with E-state index in [2.05, 4.69) is 26.5 Å². The molecule has 1 N–H and O–H groups in total. The molecule has 170 valence electrons. The minimum Gasteiger partial charge on any atom is -0.379 e. The molecule has 32 heavy (non-hydrogen) atoms. The maximum absolute atomic E-state index is 13.2. The molecule has 0 bridgehead atoms. The molecule has 2 amide bonds. The van der Waals surface area contributed by atoms with Gasteiger partial charge in [0, 0.05) is 54.4 Å². The lowest BCUT2D eigenvalue weighted by Crippen LogP contribution is -2.39. The minimum atomic E-state index is -0.429. The number of rotatable bonds is 5. The van der Waals surface area contributed by atoms with E-state index in [0.29, 0.717) is 29.5 Å². The largest absolute Gasteiger partial charge is 0.379 e. The summed E-state index contributed by atoms with van der Waals surface area (Å²) in [4.78, 5) is 31.9. The highest BCUT2D eigenvalue weighted by Crippen LogP contribution is 2.30. The molecule has 0 radical (unpaired) electrons. The third-order valence-corrected chi connectivity index (χ3v) is 6.63. The fraction of sp³-hybridized carbons (Fsp3) is 0.458. The number of pyridine rings is 1. The average Bonchev–Trinajstić information content (AvgIpc) is 3.12. The molecule has 1 fully saturated rings. The molecule has 0 saturated carbocycles. The molecule has 8 heteroatoms. The lowest BCUT2D eigenvalue weighted by atomic mass is 9.95. The molecular formula is C24H29ClN4O3. The number of allylic oxidation sites excluding steroid dienone is 1. The maximum atomic E-state index is 13.2. The van der Waals surface area contributed by atoms with E-state index in [4.69, 9.17) is 16.3 Å². The van der Waals surface area contributed by atoms with Gasteiger partial charge in [0.05, 0.1) is 24.2 Å². The Bertz CT molecular complexity index is 1130. The molecule has 2 atom stereocenters. The second kappa shape index (κ2) is 9.17. The van der Waals surface area contributed by atoms with Crippen molar-refractivity contribution < 1.29 is 14.3 Å². The van der Waals surface area contributed by atoms with Crippen molar-refractivity contribution in [2.24, 2.45) is 10.9 Å². The van der Waals surface area contributed by atoms with E-state index in [0.717, 1.165) is 35.4 Å². The SMILES string of the molecule is CC1=CC(C)=NC(=O)C1CNC(=O)c1cc2cc(Cl)cn2c(C(C)N2CCOCC2)c1C. The van der Waals surface area contributed by atoms with E-state index < -0.39 is 5.92 Å². The van der Waals surface area contributed by atoms with Crippen LogP contribution in [-0.2, 0) is 9.53 Å². The standard InChI is InChI=1S/C24H29ClN4O3/c1-14-9-15(2)27-24(31)21(14)12-26-23(30)20-11-19-10-18(25)13-29(19)22(16(20)3)17(4)28-5-7-32-8-6-28/h9-11,13,17,21H,5-8,12H2,1-4H3,(H,26,30). The van der Waals surface area contributed by atoms with Crippen LogP contribution in [0.2, 0.25) is 5.02 Å². The van der Waals surface area contributed by atoms with Crippen molar-refractivity contribution >= 4 is 34.6 Å². The first-order chi connectivity index (χ1) is 15.3. The molecule has 2 unspecified atom stereocenters. The number of ether oxygens (including phenoxy) is 1. The number of dihydropyridines is 1. The molecular weight excluding hydrogens is 428 g/mol. The molecule has 2 aliphatic rings. The van der Waals surface area contributed by atoms with Crippen molar-refractivity contribution in [1.29, 1.82) is 0 Å². The second-order valence-corrected chi connectivity index (χ2v) is 9.02. The number of halogens is 1. The van der Waals surface area contributed by atoms with Crippen LogP contribution in [0.4, 0.5) is 0 Å². The summed E-state index contributed by atoms with van der Waals surface area (Å²) in [5.74, 6) is -0.847. The zero-order valence-electron chi connectivity index (χ0n) is 18.9. The first kappa shape index (κ1) is 22.7. The maximum Gasteiger partial charge on any atom is 0.254 e. The highest BCUT2D eigenvalue weighted by Gasteiger charge is 2.27. The van der Waals surface area contributed by atoms with Gasteiger partial charge in [0.25, 0.3) is 11.8 Å². The van der Waals surface area contributed by atoms with Crippen molar-refractivity contribution in [1.82, 2.24) is 14.6 Å². The zero-order chi connectivity index (χ0) is 23.0. The normalized spacial score (nSPS) is 20.8. The first-order valence-electron chi connectivity index (χ1n) is 10.9. The van der Waals surface area contributed by atoms with Crippen molar-refractivity contribution in [3.63, 3.8) is 0 Å². The Morgan fingerprint density at radius 3 is 2.69 bits per heavy atom. The van der Waals surface area contributed by atoms with Gasteiger partial charge in [0.15, 0.2) is 0 Å². The van der Waals surface area contributed by atoms with Crippen molar-refractivity contribution in [3.8, 4) is 0 Å². The summed E-state index contributed by atoms with van der Waals surface area (Å²) in [7, 11) is 0. The van der Waals surface area contributed by atoms with Crippen LogP contribution >= 0.6 is 11.6 Å². The van der Waals surface area contributed by atoms with E-state index >= 15 is 0 Å². The van der Waals surface area contributed by atoms with Crippen LogP contribution in [0.3, 0.4) is 0 Å². The number of hydrogen-bond acceptors (Lipinski definition) is 4. The number of nitrogens with zero attached hydrogens (tertiary/aromatic N) is 3. The van der Waals surface area contributed by atoms with Gasteiger partial charge < -0.3 is 14.5 Å². The monoisotopic (exact) mass is 456 g/mol. The number of hydrogen-bond donors (Lipinski definition) is 1. The van der Waals surface area contributed by atoms with Crippen LogP contribution in [0.5, 0.6) is 0 Å². The molecule has 1 saturated heterocycles. The van der Waals surface area contributed by atoms with Crippen LogP contribution in [0, 0.1) is 12.8 Å². The summed E-state index contributed by atoms with van der Waals surface area (Å²) >= 11 is 6.33. The number of nitrogens with one attached hydrogen (secondary N) is 1. The Kier molecular flexibility index (Phi) is 6.51. The lowest BCUT2D eigenvalue weighted by molar-refractivity contribution is -0.120. The average molecular weight is 457 g/mol. The molecule has 0 aliphatic carbocycles. The zero-order valence-corrected chi connectivity index (χ0v) is 19.7. The smallest absolute Gasteiger partial charge is 0.254 e. The summed E-state index contributed by atoms with van der Waals surface area (Å²) in [5.41, 5.74) is 5.00. The summed E-state index contributed by atoms with van der Waals surface area (Å²) in [6.07, 6.45) is 3.79. The lowest BCUT2D eigenvalue weighted by Gasteiger charge is -2.34. The molecule has 2 aromatic rings. The van der Waals surface area contributed by atoms with Crippen molar-refractivity contribution in [2.75, 3.05) is 32.8 Å². The molecule has 2 aromatic heterocycles. The van der Waals surface area contributed by atoms with Crippen LogP contribution in [0.15, 0.2) is 35.0 Å². The molecule has 0 aromatic carbocycles. The van der Waals surface area contributed by atoms with Crippen LogP contribution < -0.4 is 5.32 Å². The quantitative estimate of drug-likeness (QED) is 0.746. The number of carbonyl (C=O) groups excluding carboxylic acids is 2. The Morgan fingerprint density at radius 1 is 1.28 bits per heavy atom. The van der Waals surface area contributed by atoms with Gasteiger partial charge >= 0.3 is 0 Å². The molecule has 4 heterocycles. The van der Waals surface area contributed by atoms with Gasteiger partial charge in [-0.05, 0) is 51.5 Å². The van der Waals surface area contributed by atoms with Crippen LogP contribution in [0.1, 0.15) is 48.4 Å². The van der Waals surface area contributed by atoms with E-state index in [1.807, 2.05) is 38.3 Å². The second-order valence-electron chi connectivity index (χ2n) is 8.59. The Labute approximate surface area is 193 Å². The number of aromatic nitrogens is 1. The van der Waals surface area contributed by atoms with Crippen molar-refractivity contribution in [3.05, 3.63) is 51.8 Å². The van der Waals surface area contributed by atoms with E-state index in [1.165, 1.54) is 0 Å². The number of morpholine rings is 1. The fourth-order valence-corrected chi connectivity index (χ4v) is 4.89. The predicted octanol–water partition coefficient (Wildman–Crippen LogP) is 3.59. The number of amides is 2. The molecule has 4 rings (SSSR count). The topological polar surface area (TPSA) is 75.4 Å². The van der Waals surface area contributed by atoms with Crippen LogP contribution in [-0.4, -0.2) is 59.7 Å². The van der Waals surface area contributed by atoms with E-state index in [-0.39, 0.29) is 24.4 Å². The summed E-state index contributed by atoms with van der Waals surface area (Å²) in [6.45, 7) is 11.1. The number of aliphatic imine (C=N–C) groups is 1. The van der Waals surface area contributed by atoms with Gasteiger partial charge in [0.1, 0.15) is 0 Å². The Hall–Kier alpha value is -2.48. The summed E-state index contributed by atoms with van der Waals surface area (Å²) in [6, 6.07) is 3.81. The molecule has 7 nitrogen and oxygen atoms in total. The van der Waals surface area contributed by atoms with Gasteiger partial charge in [-0.3, -0.25) is 14.5 Å². The Balaban J connectivity index is 1.64. The highest BCUT2D eigenvalue weighted by molar-refractivity contribution is 6.31. The predicted molar refractivity (Wildman–Crippen MR) is 126 cm³/mol. The fourth-order valence-electron chi connectivity index (χ4n) is 4.68. The minimum absolute atomic E-state index is 0.0834. The van der Waals surface area contributed by atoms with E-state index in [1.54, 1.807) is 6.92 Å². The van der Waals surface area contributed by atoms with E-state index in [9.17, 15) is 9.59 Å². The van der Waals surface area contributed by atoms with Gasteiger partial charge in [0.2, 0.25) is 0 Å². The van der Waals surface area contributed by atoms with Gasteiger partial charge in [-0.15, -0.1) is 0 Å². The van der Waals surface area contributed by atoms with Crippen LogP contribution in [0.25, 0.3) is 5.52 Å². The molecule has 2 aliphatic heterocycles. The van der Waals surface area contributed by atoms with Crippen molar-refractivity contribution in [2.45, 2.75) is 33.7 Å². The van der Waals surface area contributed by atoms with Gasteiger partial charge in [-0.1, -0.05) is 17.2 Å². The van der Waals surface area contributed by atoms with Gasteiger partial charge in [-0.25, -0.2) is 4.99 Å². The highest BCUT2D eigenvalue weighted by atomic mass is 35.5. The van der Waals surface area contributed by atoms with Gasteiger partial charge in [-0.2, -0.15) is 0 Å². The Morgan fingerprint density at radius 2 is 2.00 bits per heavy atom. The number of fused-ring (bicyclic) bond motifs is 1. The molecule has 0 spiro atoms. The summed E-state index contributed by atoms with van der Waals surface area (Å²) < 4.78 is 7.58.